The number of hydrogen-bond acceptors (Lipinski definition) is 5. The summed E-state index contributed by atoms with van der Waals surface area (Å²) in [6.45, 7) is 3.90. The number of hydrogen-bond donors (Lipinski definition) is 1. The van der Waals surface area contributed by atoms with Gasteiger partial charge in [0.25, 0.3) is 5.91 Å². The van der Waals surface area contributed by atoms with E-state index >= 15 is 0 Å². The third kappa shape index (κ3) is 2.34. The molecule has 0 aromatic carbocycles. The minimum Gasteiger partial charge on any atom is -0.423 e. The van der Waals surface area contributed by atoms with Crippen LogP contribution in [0.5, 0.6) is 0 Å². The van der Waals surface area contributed by atoms with Crippen molar-refractivity contribution < 1.29 is 14.0 Å². The van der Waals surface area contributed by atoms with Crippen LogP contribution in [0.3, 0.4) is 0 Å². The first-order chi connectivity index (χ1) is 8.65. The van der Waals surface area contributed by atoms with Crippen molar-refractivity contribution >= 4 is 11.9 Å². The van der Waals surface area contributed by atoms with Gasteiger partial charge in [0, 0.05) is 6.42 Å². The molecule has 7 heteroatoms. The number of rotatable bonds is 5. The van der Waals surface area contributed by atoms with Gasteiger partial charge < -0.3 is 9.73 Å². The summed E-state index contributed by atoms with van der Waals surface area (Å²) in [5, 5.41) is 10.2. The lowest BCUT2D eigenvalue weighted by Crippen LogP contribution is -2.31. The van der Waals surface area contributed by atoms with Crippen LogP contribution in [0.4, 0.5) is 4.79 Å². The van der Waals surface area contributed by atoms with Gasteiger partial charge in [-0.3, -0.25) is 9.69 Å². The van der Waals surface area contributed by atoms with Gasteiger partial charge in [0.15, 0.2) is 0 Å². The van der Waals surface area contributed by atoms with Gasteiger partial charge >= 0.3 is 6.03 Å². The number of nitrogens with one attached hydrogen (secondary N) is 1. The molecule has 1 aromatic rings. The average Bonchev–Trinajstić information content (AvgIpc) is 2.91. The summed E-state index contributed by atoms with van der Waals surface area (Å²) in [4.78, 5) is 24.7. The van der Waals surface area contributed by atoms with Crippen LogP contribution < -0.4 is 5.32 Å². The van der Waals surface area contributed by atoms with E-state index in [1.165, 1.54) is 0 Å². The van der Waals surface area contributed by atoms with Crippen molar-refractivity contribution in [2.45, 2.75) is 45.7 Å². The number of carbonyl (C=O) groups is 2. The number of nitrogens with zero attached hydrogens (tertiary/aromatic N) is 3. The molecule has 98 valence electrons. The van der Waals surface area contributed by atoms with Gasteiger partial charge in [-0.1, -0.05) is 20.3 Å². The summed E-state index contributed by atoms with van der Waals surface area (Å²) in [6, 6.07) is -0.814. The molecule has 1 aromatic heterocycles. The highest BCUT2D eigenvalue weighted by Crippen LogP contribution is 2.14. The Kier molecular flexibility index (Phi) is 3.59. The highest BCUT2D eigenvalue weighted by atomic mass is 16.4. The number of urea groups is 1. The van der Waals surface area contributed by atoms with E-state index in [4.69, 9.17) is 4.42 Å². The zero-order chi connectivity index (χ0) is 13.1. The minimum atomic E-state index is -0.420. The Bertz CT molecular complexity index is 457. The van der Waals surface area contributed by atoms with Gasteiger partial charge in [0.2, 0.25) is 11.8 Å². The summed E-state index contributed by atoms with van der Waals surface area (Å²) in [5.74, 6) is 0.563. The Hall–Kier alpha value is -1.92. The lowest BCUT2D eigenvalue weighted by molar-refractivity contribution is -0.128. The lowest BCUT2D eigenvalue weighted by atomic mass is 10.2. The zero-order valence-electron chi connectivity index (χ0n) is 10.5. The first-order valence-electron chi connectivity index (χ1n) is 6.08. The van der Waals surface area contributed by atoms with E-state index in [0.29, 0.717) is 18.7 Å². The molecule has 1 fully saturated rings. The molecule has 3 amide bonds. The predicted molar refractivity (Wildman–Crippen MR) is 61.5 cm³/mol. The molecule has 1 unspecified atom stereocenters. The highest BCUT2D eigenvalue weighted by Gasteiger charge is 2.38. The molecular weight excluding hydrogens is 236 g/mol. The average molecular weight is 252 g/mol. The maximum absolute atomic E-state index is 11.9. The third-order valence-corrected chi connectivity index (χ3v) is 2.79. The molecule has 1 aliphatic rings. The minimum absolute atomic E-state index is 0.0396. The van der Waals surface area contributed by atoms with Crippen LogP contribution >= 0.6 is 0 Å². The number of amides is 3. The fourth-order valence-electron chi connectivity index (χ4n) is 1.84. The molecule has 1 saturated heterocycles. The summed E-state index contributed by atoms with van der Waals surface area (Å²) >= 11 is 0. The van der Waals surface area contributed by atoms with E-state index < -0.39 is 12.1 Å². The fourth-order valence-corrected chi connectivity index (χ4v) is 1.84. The van der Waals surface area contributed by atoms with Crippen molar-refractivity contribution in [3.8, 4) is 0 Å². The van der Waals surface area contributed by atoms with E-state index in [2.05, 4.69) is 15.5 Å². The van der Waals surface area contributed by atoms with Crippen LogP contribution in [-0.2, 0) is 17.8 Å². The lowest BCUT2D eigenvalue weighted by Gasteiger charge is -2.09. The second-order valence-electron chi connectivity index (χ2n) is 4.16. The van der Waals surface area contributed by atoms with E-state index in [1.807, 2.05) is 13.8 Å². The maximum Gasteiger partial charge on any atom is 0.325 e. The normalized spacial score (nSPS) is 19.4. The summed E-state index contributed by atoms with van der Waals surface area (Å²) in [5.41, 5.74) is 0. The molecular formula is C11H16N4O3. The molecule has 0 spiro atoms. The highest BCUT2D eigenvalue weighted by molar-refractivity contribution is 6.04. The number of aromatic nitrogens is 2. The van der Waals surface area contributed by atoms with Crippen LogP contribution in [0.1, 0.15) is 38.5 Å². The van der Waals surface area contributed by atoms with Crippen molar-refractivity contribution in [2.75, 3.05) is 0 Å². The first kappa shape index (κ1) is 12.5. The Balaban J connectivity index is 2.04. The Morgan fingerprint density at radius 3 is 2.61 bits per heavy atom. The zero-order valence-corrected chi connectivity index (χ0v) is 10.5. The van der Waals surface area contributed by atoms with Crippen molar-refractivity contribution in [3.05, 3.63) is 11.8 Å². The molecule has 0 radical (unpaired) electrons. The second kappa shape index (κ2) is 5.16. The van der Waals surface area contributed by atoms with E-state index in [9.17, 15) is 9.59 Å². The molecule has 1 N–H and O–H groups in total. The van der Waals surface area contributed by atoms with Crippen LogP contribution in [0.2, 0.25) is 0 Å². The number of aryl methyl sites for hydroxylation is 1. The SMILES string of the molecule is CCCC1NC(=O)N(Cc2nnc(CC)o2)C1=O. The smallest absolute Gasteiger partial charge is 0.325 e. The summed E-state index contributed by atoms with van der Waals surface area (Å²) in [7, 11) is 0. The van der Waals surface area contributed by atoms with Crippen LogP contribution in [0.15, 0.2) is 4.42 Å². The standard InChI is InChI=1S/C11H16N4O3/c1-3-5-7-10(16)15(11(17)12-7)6-9-14-13-8(4-2)18-9/h7H,3-6H2,1-2H3,(H,12,17). The quantitative estimate of drug-likeness (QED) is 0.785. The molecule has 0 bridgehead atoms. The summed E-state index contributed by atoms with van der Waals surface area (Å²) in [6.07, 6.45) is 2.11. The van der Waals surface area contributed by atoms with E-state index in [1.54, 1.807) is 0 Å². The largest absolute Gasteiger partial charge is 0.423 e. The van der Waals surface area contributed by atoms with Crippen molar-refractivity contribution in [3.63, 3.8) is 0 Å². The van der Waals surface area contributed by atoms with Crippen molar-refractivity contribution in [2.24, 2.45) is 0 Å². The van der Waals surface area contributed by atoms with Crippen molar-refractivity contribution in [1.82, 2.24) is 20.4 Å². The molecule has 7 nitrogen and oxygen atoms in total. The molecule has 18 heavy (non-hydrogen) atoms. The van der Waals surface area contributed by atoms with Crippen LogP contribution in [0.25, 0.3) is 0 Å². The molecule has 1 aliphatic heterocycles. The molecule has 0 aliphatic carbocycles. The summed E-state index contributed by atoms with van der Waals surface area (Å²) < 4.78 is 5.29. The third-order valence-electron chi connectivity index (χ3n) is 2.79. The van der Waals surface area contributed by atoms with E-state index in [-0.39, 0.29) is 18.3 Å². The van der Waals surface area contributed by atoms with Gasteiger partial charge in [-0.25, -0.2) is 4.79 Å². The Morgan fingerprint density at radius 2 is 2.00 bits per heavy atom. The Labute approximate surface area is 105 Å². The first-order valence-corrected chi connectivity index (χ1v) is 6.08. The van der Waals surface area contributed by atoms with Gasteiger partial charge in [0.1, 0.15) is 12.6 Å². The topological polar surface area (TPSA) is 88.3 Å². The molecule has 2 rings (SSSR count). The van der Waals surface area contributed by atoms with Crippen LogP contribution in [-0.4, -0.2) is 33.1 Å². The van der Waals surface area contributed by atoms with Gasteiger partial charge in [-0.15, -0.1) is 10.2 Å². The maximum atomic E-state index is 11.9. The van der Waals surface area contributed by atoms with Crippen LogP contribution in [0, 0.1) is 0 Å². The van der Waals surface area contributed by atoms with Gasteiger partial charge in [-0.2, -0.15) is 0 Å². The van der Waals surface area contributed by atoms with E-state index in [0.717, 1.165) is 11.3 Å². The molecule has 1 atom stereocenters. The number of carbonyl (C=O) groups excluding carboxylic acids is 2. The number of imide groups is 1. The van der Waals surface area contributed by atoms with Gasteiger partial charge in [-0.05, 0) is 6.42 Å². The molecule has 2 heterocycles. The monoisotopic (exact) mass is 252 g/mol. The Morgan fingerprint density at radius 1 is 1.28 bits per heavy atom. The second-order valence-corrected chi connectivity index (χ2v) is 4.16. The molecule has 0 saturated carbocycles. The predicted octanol–water partition coefficient (Wildman–Crippen LogP) is 0.852. The fraction of sp³-hybridized carbons (Fsp3) is 0.636. The van der Waals surface area contributed by atoms with Gasteiger partial charge in [0.05, 0.1) is 0 Å². The van der Waals surface area contributed by atoms with Crippen molar-refractivity contribution in [1.29, 1.82) is 0 Å².